The first-order chi connectivity index (χ1) is 15.2. The third-order valence-electron chi connectivity index (χ3n) is 6.15. The molecular weight excluding hydrogens is 445 g/mol. The molecule has 2 aromatic carbocycles. The smallest absolute Gasteiger partial charge is 0.311 e. The highest BCUT2D eigenvalue weighted by atomic mass is 35.5. The Morgan fingerprint density at radius 2 is 1.75 bits per heavy atom. The van der Waals surface area contributed by atoms with Crippen molar-refractivity contribution in [1.29, 1.82) is 5.26 Å². The Labute approximate surface area is 199 Å². The average Bonchev–Trinajstić information content (AvgIpc) is 3.31. The van der Waals surface area contributed by atoms with Crippen LogP contribution in [0.1, 0.15) is 39.2 Å². The molecular formula is C26H27Cl2NO3. The molecule has 6 heteroatoms. The lowest BCUT2D eigenvalue weighted by Gasteiger charge is -2.29. The van der Waals surface area contributed by atoms with E-state index in [1.807, 2.05) is 81.4 Å². The van der Waals surface area contributed by atoms with Gasteiger partial charge in [0.25, 0.3) is 0 Å². The average molecular weight is 472 g/mol. The maximum atomic E-state index is 13.2. The molecule has 2 aromatic rings. The molecule has 1 aliphatic carbocycles. The molecule has 0 heterocycles. The number of hydrogen-bond donors (Lipinski definition) is 0. The van der Waals surface area contributed by atoms with Crippen molar-refractivity contribution in [1.82, 2.24) is 0 Å². The fraction of sp³-hybridized carbons (Fsp3) is 0.385. The molecule has 0 bridgehead atoms. The predicted molar refractivity (Wildman–Crippen MR) is 126 cm³/mol. The number of para-hydroxylation sites is 1. The van der Waals surface area contributed by atoms with Gasteiger partial charge in [-0.3, -0.25) is 4.79 Å². The summed E-state index contributed by atoms with van der Waals surface area (Å²) >= 11 is 11.7. The molecule has 0 aliphatic heterocycles. The van der Waals surface area contributed by atoms with Crippen molar-refractivity contribution in [2.24, 2.45) is 17.3 Å². The summed E-state index contributed by atoms with van der Waals surface area (Å²) < 4.78 is 12.1. The summed E-state index contributed by atoms with van der Waals surface area (Å²) in [5.41, 5.74) is -1.11. The monoisotopic (exact) mass is 471 g/mol. The highest BCUT2D eigenvalue weighted by molar-refractivity contribution is 6.55. The zero-order valence-electron chi connectivity index (χ0n) is 18.4. The molecule has 4 atom stereocenters. The van der Waals surface area contributed by atoms with Crippen molar-refractivity contribution < 1.29 is 14.3 Å². The number of nitriles is 1. The molecule has 32 heavy (non-hydrogen) atoms. The van der Waals surface area contributed by atoms with E-state index in [1.54, 1.807) is 6.08 Å². The van der Waals surface area contributed by atoms with Gasteiger partial charge < -0.3 is 9.47 Å². The summed E-state index contributed by atoms with van der Waals surface area (Å²) in [6.45, 7) is 5.86. The molecule has 0 amide bonds. The van der Waals surface area contributed by atoms with Crippen LogP contribution in [0.4, 0.5) is 0 Å². The molecule has 0 spiro atoms. The van der Waals surface area contributed by atoms with E-state index in [1.165, 1.54) is 0 Å². The van der Waals surface area contributed by atoms with Crippen molar-refractivity contribution >= 4 is 29.2 Å². The summed E-state index contributed by atoms with van der Waals surface area (Å²) in [5, 5.41) is 10.2. The highest BCUT2D eigenvalue weighted by Gasteiger charge is 2.62. The van der Waals surface area contributed by atoms with Crippen LogP contribution in [0, 0.1) is 28.6 Å². The predicted octanol–water partition coefficient (Wildman–Crippen LogP) is 6.79. The van der Waals surface area contributed by atoms with Crippen LogP contribution in [0.2, 0.25) is 0 Å². The lowest BCUT2D eigenvalue weighted by atomic mass is 9.89. The third kappa shape index (κ3) is 5.46. The van der Waals surface area contributed by atoms with E-state index in [-0.39, 0.29) is 21.9 Å². The summed E-state index contributed by atoms with van der Waals surface area (Å²) in [7, 11) is 0. The normalized spacial score (nSPS) is 21.4. The number of esters is 1. The van der Waals surface area contributed by atoms with Crippen LogP contribution >= 0.6 is 23.2 Å². The SMILES string of the molecule is CC(CCC(C#N)(OC(=O)C1C(C=C(Cl)Cl)C1(C)C)c1ccccc1)Oc1ccccc1. The van der Waals surface area contributed by atoms with Gasteiger partial charge in [-0.25, -0.2) is 0 Å². The van der Waals surface area contributed by atoms with Crippen LogP contribution in [0.15, 0.2) is 71.2 Å². The van der Waals surface area contributed by atoms with E-state index in [4.69, 9.17) is 32.7 Å². The molecule has 1 aliphatic rings. The fourth-order valence-electron chi connectivity index (χ4n) is 4.11. The van der Waals surface area contributed by atoms with Crippen molar-refractivity contribution in [3.05, 3.63) is 76.8 Å². The zero-order chi connectivity index (χ0) is 23.4. The molecule has 0 aromatic heterocycles. The lowest BCUT2D eigenvalue weighted by Crippen LogP contribution is -2.34. The first-order valence-electron chi connectivity index (χ1n) is 10.6. The van der Waals surface area contributed by atoms with Crippen molar-refractivity contribution in [3.8, 4) is 11.8 Å². The Balaban J connectivity index is 1.79. The van der Waals surface area contributed by atoms with Gasteiger partial charge in [-0.2, -0.15) is 5.26 Å². The highest BCUT2D eigenvalue weighted by Crippen LogP contribution is 2.60. The minimum Gasteiger partial charge on any atom is -0.491 e. The molecule has 1 saturated carbocycles. The van der Waals surface area contributed by atoms with Gasteiger partial charge in [0.15, 0.2) is 0 Å². The van der Waals surface area contributed by atoms with E-state index in [9.17, 15) is 10.1 Å². The van der Waals surface area contributed by atoms with Crippen LogP contribution in [0.25, 0.3) is 0 Å². The van der Waals surface area contributed by atoms with Crippen LogP contribution in [0.3, 0.4) is 0 Å². The summed E-state index contributed by atoms with van der Waals surface area (Å²) in [6.07, 6.45) is 2.32. The summed E-state index contributed by atoms with van der Waals surface area (Å²) in [6, 6.07) is 20.9. The Bertz CT molecular complexity index is 997. The number of nitrogens with zero attached hydrogens (tertiary/aromatic N) is 1. The number of halogens is 2. The number of allylic oxidation sites excluding steroid dienone is 1. The Morgan fingerprint density at radius 1 is 1.16 bits per heavy atom. The Hall–Kier alpha value is -2.48. The second-order valence-electron chi connectivity index (χ2n) is 8.79. The number of benzene rings is 2. The Morgan fingerprint density at radius 3 is 2.31 bits per heavy atom. The van der Waals surface area contributed by atoms with Crippen LogP contribution in [0.5, 0.6) is 5.75 Å². The molecule has 4 unspecified atom stereocenters. The van der Waals surface area contributed by atoms with E-state index < -0.39 is 17.5 Å². The molecule has 0 saturated heterocycles. The summed E-state index contributed by atoms with van der Waals surface area (Å²) in [4.78, 5) is 13.2. The fourth-order valence-corrected chi connectivity index (χ4v) is 4.38. The quantitative estimate of drug-likeness (QED) is 0.377. The standard InChI is InChI=1S/C26H27Cl2NO3/c1-18(31-20-12-8-5-9-13-20)14-15-26(17-29,19-10-6-4-7-11-19)32-24(30)23-21(16-22(27)28)25(23,2)3/h4-13,16,18,21,23H,14-15H2,1-3H3. The minimum absolute atomic E-state index is 0.125. The number of rotatable bonds is 9. The van der Waals surface area contributed by atoms with Gasteiger partial charge in [0.1, 0.15) is 16.3 Å². The van der Waals surface area contributed by atoms with Gasteiger partial charge in [0, 0.05) is 12.0 Å². The van der Waals surface area contributed by atoms with E-state index in [0.717, 1.165) is 5.75 Å². The molecule has 0 N–H and O–H groups in total. The van der Waals surface area contributed by atoms with Gasteiger partial charge >= 0.3 is 5.97 Å². The van der Waals surface area contributed by atoms with Crippen molar-refractivity contribution in [2.75, 3.05) is 0 Å². The van der Waals surface area contributed by atoms with Gasteiger partial charge in [-0.15, -0.1) is 0 Å². The number of carbonyl (C=O) groups is 1. The zero-order valence-corrected chi connectivity index (χ0v) is 19.9. The second kappa shape index (κ2) is 9.98. The van der Waals surface area contributed by atoms with Crippen LogP contribution in [-0.2, 0) is 15.1 Å². The maximum absolute atomic E-state index is 13.2. The van der Waals surface area contributed by atoms with E-state index >= 15 is 0 Å². The molecule has 0 radical (unpaired) electrons. The summed E-state index contributed by atoms with van der Waals surface area (Å²) in [5.74, 6) is -0.212. The van der Waals surface area contributed by atoms with Gasteiger partial charge in [0.2, 0.25) is 5.60 Å². The van der Waals surface area contributed by atoms with E-state index in [0.29, 0.717) is 18.4 Å². The van der Waals surface area contributed by atoms with Gasteiger partial charge in [-0.05, 0) is 42.9 Å². The number of carbonyl (C=O) groups excluding carboxylic acids is 1. The lowest BCUT2D eigenvalue weighted by molar-refractivity contribution is -0.159. The molecule has 168 valence electrons. The first kappa shape index (κ1) is 24.2. The second-order valence-corrected chi connectivity index (χ2v) is 9.80. The Kier molecular flexibility index (Phi) is 7.54. The van der Waals surface area contributed by atoms with Gasteiger partial charge in [0.05, 0.1) is 12.0 Å². The number of ether oxygens (including phenoxy) is 2. The van der Waals surface area contributed by atoms with Gasteiger partial charge in [-0.1, -0.05) is 85.6 Å². The minimum atomic E-state index is -1.41. The topological polar surface area (TPSA) is 59.3 Å². The molecule has 1 fully saturated rings. The maximum Gasteiger partial charge on any atom is 0.311 e. The van der Waals surface area contributed by atoms with Crippen molar-refractivity contribution in [3.63, 3.8) is 0 Å². The molecule has 3 rings (SSSR count). The third-order valence-corrected chi connectivity index (χ3v) is 6.40. The largest absolute Gasteiger partial charge is 0.491 e. The first-order valence-corrected chi connectivity index (χ1v) is 11.4. The van der Waals surface area contributed by atoms with Crippen molar-refractivity contribution in [2.45, 2.75) is 45.3 Å². The van der Waals surface area contributed by atoms with Crippen LogP contribution < -0.4 is 4.74 Å². The number of hydrogen-bond acceptors (Lipinski definition) is 4. The van der Waals surface area contributed by atoms with Crippen LogP contribution in [-0.4, -0.2) is 12.1 Å². The van der Waals surface area contributed by atoms with E-state index in [2.05, 4.69) is 6.07 Å². The molecule has 4 nitrogen and oxygen atoms in total.